The summed E-state index contributed by atoms with van der Waals surface area (Å²) < 4.78 is 85.4. The van der Waals surface area contributed by atoms with Crippen molar-refractivity contribution >= 4 is 32.9 Å². The SMILES string of the molecule is CN(Cc1c(F)ccc(F)c1CN1CCC1)c1cc(F)c(S(=O)(=O)Nc2cscn2)c(F)c1. The second kappa shape index (κ2) is 9.27. The van der Waals surface area contributed by atoms with Crippen molar-refractivity contribution in [2.24, 2.45) is 0 Å². The molecule has 1 aliphatic rings. The molecule has 0 atom stereocenters. The molecule has 2 heterocycles. The fourth-order valence-corrected chi connectivity index (χ4v) is 5.22. The van der Waals surface area contributed by atoms with Gasteiger partial charge in [-0.1, -0.05) is 0 Å². The van der Waals surface area contributed by atoms with Crippen molar-refractivity contribution in [2.75, 3.05) is 29.8 Å². The number of nitrogens with zero attached hydrogens (tertiary/aromatic N) is 3. The van der Waals surface area contributed by atoms with Crippen LogP contribution in [0, 0.1) is 23.3 Å². The van der Waals surface area contributed by atoms with Crippen LogP contribution in [-0.4, -0.2) is 38.4 Å². The smallest absolute Gasteiger partial charge is 0.268 e. The first-order valence-corrected chi connectivity index (χ1v) is 12.4. The van der Waals surface area contributed by atoms with E-state index in [1.54, 1.807) is 0 Å². The predicted molar refractivity (Wildman–Crippen MR) is 118 cm³/mol. The molecule has 0 spiro atoms. The van der Waals surface area contributed by atoms with E-state index in [0.717, 1.165) is 55.1 Å². The summed E-state index contributed by atoms with van der Waals surface area (Å²) >= 11 is 1.11. The van der Waals surface area contributed by atoms with E-state index < -0.39 is 38.2 Å². The molecular formula is C21H20F4N4O2S2. The molecule has 1 N–H and O–H groups in total. The Morgan fingerprint density at radius 1 is 1.06 bits per heavy atom. The number of sulfonamides is 1. The largest absolute Gasteiger partial charge is 0.370 e. The van der Waals surface area contributed by atoms with Crippen LogP contribution in [0.1, 0.15) is 17.5 Å². The van der Waals surface area contributed by atoms with E-state index >= 15 is 0 Å². The average Bonchev–Trinajstić information content (AvgIpc) is 3.20. The number of hydrogen-bond acceptors (Lipinski definition) is 6. The van der Waals surface area contributed by atoms with Gasteiger partial charge in [0.05, 0.1) is 5.51 Å². The lowest BCUT2D eigenvalue weighted by molar-refractivity contribution is 0.169. The normalized spacial score (nSPS) is 14.2. The van der Waals surface area contributed by atoms with E-state index in [1.165, 1.54) is 22.8 Å². The third kappa shape index (κ3) is 4.97. The van der Waals surface area contributed by atoms with Crippen molar-refractivity contribution in [3.8, 4) is 0 Å². The van der Waals surface area contributed by atoms with Crippen LogP contribution in [0.4, 0.5) is 29.1 Å². The van der Waals surface area contributed by atoms with Gasteiger partial charge in [0.2, 0.25) is 0 Å². The Kier molecular flexibility index (Phi) is 6.59. The van der Waals surface area contributed by atoms with E-state index in [9.17, 15) is 26.0 Å². The highest BCUT2D eigenvalue weighted by Gasteiger charge is 2.27. The van der Waals surface area contributed by atoms with Crippen LogP contribution in [0.25, 0.3) is 0 Å². The second-order valence-corrected chi connectivity index (χ2v) is 10.0. The molecule has 0 aliphatic carbocycles. The van der Waals surface area contributed by atoms with E-state index in [2.05, 4.69) is 4.98 Å². The first kappa shape index (κ1) is 23.5. The highest BCUT2D eigenvalue weighted by Crippen LogP contribution is 2.29. The van der Waals surface area contributed by atoms with Gasteiger partial charge < -0.3 is 4.90 Å². The summed E-state index contributed by atoms with van der Waals surface area (Å²) in [6, 6.07) is 3.75. The Bertz CT molecular complexity index is 1240. The maximum absolute atomic E-state index is 14.7. The summed E-state index contributed by atoms with van der Waals surface area (Å²) in [6.45, 7) is 1.63. The van der Waals surface area contributed by atoms with Gasteiger partial charge in [0, 0.05) is 42.3 Å². The average molecular weight is 501 g/mol. The molecular weight excluding hydrogens is 480 g/mol. The minimum absolute atomic E-state index is 0.0313. The van der Waals surface area contributed by atoms with Crippen molar-refractivity contribution in [3.05, 3.63) is 69.6 Å². The minimum atomic E-state index is -4.56. The van der Waals surface area contributed by atoms with Crippen LogP contribution in [-0.2, 0) is 23.1 Å². The third-order valence-corrected chi connectivity index (χ3v) is 7.40. The van der Waals surface area contributed by atoms with E-state index in [4.69, 9.17) is 0 Å². The zero-order valence-corrected chi connectivity index (χ0v) is 19.1. The van der Waals surface area contributed by atoms with Gasteiger partial charge in [-0.2, -0.15) is 0 Å². The zero-order chi connectivity index (χ0) is 23.8. The summed E-state index contributed by atoms with van der Waals surface area (Å²) in [5.41, 5.74) is 1.60. The van der Waals surface area contributed by atoms with Crippen LogP contribution in [0.5, 0.6) is 0 Å². The molecule has 0 unspecified atom stereocenters. The van der Waals surface area contributed by atoms with Crippen LogP contribution >= 0.6 is 11.3 Å². The Morgan fingerprint density at radius 3 is 2.24 bits per heavy atom. The second-order valence-electron chi connectivity index (χ2n) is 7.69. The number of hydrogen-bond donors (Lipinski definition) is 1. The van der Waals surface area contributed by atoms with Gasteiger partial charge in [-0.15, -0.1) is 11.3 Å². The Hall–Kier alpha value is -2.70. The third-order valence-electron chi connectivity index (χ3n) is 5.41. The minimum Gasteiger partial charge on any atom is -0.370 e. The topological polar surface area (TPSA) is 65.5 Å². The Balaban J connectivity index is 1.61. The monoisotopic (exact) mass is 500 g/mol. The van der Waals surface area contributed by atoms with Crippen molar-refractivity contribution in [1.82, 2.24) is 9.88 Å². The van der Waals surface area contributed by atoms with Gasteiger partial charge in [0.15, 0.2) is 10.7 Å². The van der Waals surface area contributed by atoms with E-state index in [0.29, 0.717) is 0 Å². The number of likely N-dealkylation sites (tertiary alicyclic amines) is 1. The van der Waals surface area contributed by atoms with Gasteiger partial charge in [0.1, 0.15) is 23.3 Å². The molecule has 0 amide bonds. The molecule has 0 bridgehead atoms. The van der Waals surface area contributed by atoms with E-state index in [1.807, 2.05) is 9.62 Å². The Labute approximate surface area is 192 Å². The van der Waals surface area contributed by atoms with Crippen LogP contribution in [0.3, 0.4) is 0 Å². The van der Waals surface area contributed by atoms with E-state index in [-0.39, 0.29) is 35.7 Å². The number of halogens is 4. The molecule has 6 nitrogen and oxygen atoms in total. The molecule has 2 aromatic carbocycles. The molecule has 0 radical (unpaired) electrons. The molecule has 1 fully saturated rings. The summed E-state index contributed by atoms with van der Waals surface area (Å²) in [5.74, 6) is -3.89. The fraction of sp³-hybridized carbons (Fsp3) is 0.286. The lowest BCUT2D eigenvalue weighted by Crippen LogP contribution is -2.37. The highest BCUT2D eigenvalue weighted by atomic mass is 32.2. The maximum atomic E-state index is 14.7. The standard InChI is InChI=1S/C21H20F4N4O2S2/c1-28(9-14-15(10-29-5-2-6-29)17(23)4-3-16(14)22)13-7-18(24)21(19(25)8-13)33(30,31)27-20-11-32-12-26-20/h3-4,7-8,11-12,27H,2,5-6,9-10H2,1H3. The quantitative estimate of drug-likeness (QED) is 0.466. The van der Waals surface area contributed by atoms with Crippen LogP contribution in [0.15, 0.2) is 40.1 Å². The fourth-order valence-electron chi connectivity index (χ4n) is 3.54. The summed E-state index contributed by atoms with van der Waals surface area (Å²) in [5, 5.41) is 1.38. The molecule has 3 aromatic rings. The summed E-state index contributed by atoms with van der Waals surface area (Å²) in [7, 11) is -3.11. The molecule has 1 aromatic heterocycles. The molecule has 4 rings (SSSR count). The summed E-state index contributed by atoms with van der Waals surface area (Å²) in [6.07, 6.45) is 0.983. The molecule has 33 heavy (non-hydrogen) atoms. The molecule has 176 valence electrons. The number of rotatable bonds is 8. The van der Waals surface area contributed by atoms with Crippen LogP contribution < -0.4 is 9.62 Å². The van der Waals surface area contributed by atoms with Gasteiger partial charge in [-0.25, -0.2) is 31.0 Å². The lowest BCUT2D eigenvalue weighted by Gasteiger charge is -2.32. The number of benzene rings is 2. The lowest BCUT2D eigenvalue weighted by atomic mass is 10.0. The molecule has 12 heteroatoms. The van der Waals surface area contributed by atoms with Gasteiger partial charge in [-0.3, -0.25) is 9.62 Å². The van der Waals surface area contributed by atoms with Crippen molar-refractivity contribution < 1.29 is 26.0 Å². The molecule has 1 aliphatic heterocycles. The maximum Gasteiger partial charge on any atom is 0.268 e. The molecule has 0 saturated carbocycles. The number of aromatic nitrogens is 1. The number of thiazole rings is 1. The predicted octanol–water partition coefficient (Wildman–Crippen LogP) is 4.34. The van der Waals surface area contributed by atoms with Gasteiger partial charge >= 0.3 is 0 Å². The van der Waals surface area contributed by atoms with Gasteiger partial charge in [-0.05, 0) is 43.8 Å². The number of nitrogens with one attached hydrogen (secondary N) is 1. The highest BCUT2D eigenvalue weighted by molar-refractivity contribution is 7.92. The molecule has 1 saturated heterocycles. The number of anilines is 2. The van der Waals surface area contributed by atoms with Crippen molar-refractivity contribution in [3.63, 3.8) is 0 Å². The Morgan fingerprint density at radius 2 is 1.70 bits per heavy atom. The summed E-state index contributed by atoms with van der Waals surface area (Å²) in [4.78, 5) is 5.88. The first-order valence-electron chi connectivity index (χ1n) is 9.95. The van der Waals surface area contributed by atoms with Crippen molar-refractivity contribution in [1.29, 1.82) is 0 Å². The first-order chi connectivity index (χ1) is 15.7. The van der Waals surface area contributed by atoms with Crippen molar-refractivity contribution in [2.45, 2.75) is 24.4 Å². The van der Waals surface area contributed by atoms with Crippen LogP contribution in [0.2, 0.25) is 0 Å². The zero-order valence-electron chi connectivity index (χ0n) is 17.5. The van der Waals surface area contributed by atoms with Gasteiger partial charge in [0.25, 0.3) is 10.0 Å².